The number of fused-ring (bicyclic) bond motifs is 3. The Bertz CT molecular complexity index is 3930. The fourth-order valence-electron chi connectivity index (χ4n) is 12.8. The smallest absolute Gasteiger partial charge is 0.251 e. The zero-order valence-corrected chi connectivity index (χ0v) is 62.0. The van der Waals surface area contributed by atoms with Crippen LogP contribution in [0.25, 0.3) is 33.1 Å². The number of nitrogens with zero attached hydrogens (tertiary/aromatic N) is 9. The van der Waals surface area contributed by atoms with Crippen LogP contribution in [0, 0.1) is 35.2 Å². The lowest BCUT2D eigenvalue weighted by Gasteiger charge is -2.28. The standard InChI is InChI=1S/3C27H34FN5O2/c3*1-18(2)6-5-9-29-27(34)20-14-23(19(3)31-22-8-4-7-21(28)16-22)26-24(15-20)30-17-25(32-26)33-10-12-35-13-11-33/h3*4,7-8,14-19,31H,5-6,9-13H2,1-3H3,(H,29,34). The number of morpholine rings is 3. The van der Waals surface area contributed by atoms with Crippen molar-refractivity contribution in [2.45, 2.75) is 119 Å². The van der Waals surface area contributed by atoms with E-state index in [1.54, 1.807) is 55.0 Å². The number of nitrogens with one attached hydrogen (secondary N) is 6. The minimum Gasteiger partial charge on any atom is -0.378 e. The summed E-state index contributed by atoms with van der Waals surface area (Å²) in [5.74, 6) is 2.84. The van der Waals surface area contributed by atoms with Crippen molar-refractivity contribution in [2.75, 3.05) is 129 Å². The monoisotopic (exact) mass is 1440 g/mol. The first kappa shape index (κ1) is 77.8. The number of carbonyl (C=O) groups is 3. The Morgan fingerprint density at radius 3 is 0.905 bits per heavy atom. The highest BCUT2D eigenvalue weighted by Gasteiger charge is 2.25. The van der Waals surface area contributed by atoms with Gasteiger partial charge in [0.05, 0.1) is 109 Å². The van der Waals surface area contributed by atoms with Gasteiger partial charge in [0.25, 0.3) is 17.7 Å². The Morgan fingerprint density at radius 2 is 0.657 bits per heavy atom. The predicted octanol–water partition coefficient (Wildman–Crippen LogP) is 14.8. The van der Waals surface area contributed by atoms with E-state index >= 15 is 0 Å². The maximum Gasteiger partial charge on any atom is 0.251 e. The molecule has 6 aromatic carbocycles. The number of amides is 3. The second-order valence-electron chi connectivity index (χ2n) is 28.3. The number of hydrogen-bond donors (Lipinski definition) is 6. The number of ether oxygens (including phenoxy) is 3. The van der Waals surface area contributed by atoms with Gasteiger partial charge < -0.3 is 60.8 Å². The molecular formula is C81H102F3N15O6. The van der Waals surface area contributed by atoms with E-state index in [-0.39, 0.29) is 53.3 Å². The van der Waals surface area contributed by atoms with Crippen molar-refractivity contribution in [1.82, 2.24) is 45.9 Å². The van der Waals surface area contributed by atoms with Gasteiger partial charge in [-0.2, -0.15) is 0 Å². The van der Waals surface area contributed by atoms with Crippen LogP contribution in [0.5, 0.6) is 0 Å². The highest BCUT2D eigenvalue weighted by atomic mass is 19.1. The lowest BCUT2D eigenvalue weighted by atomic mass is 10.0. The van der Waals surface area contributed by atoms with Gasteiger partial charge in [-0.05, 0) is 168 Å². The number of anilines is 6. The first-order chi connectivity index (χ1) is 50.7. The van der Waals surface area contributed by atoms with Gasteiger partial charge >= 0.3 is 0 Å². The van der Waals surface area contributed by atoms with Crippen molar-refractivity contribution in [2.24, 2.45) is 17.8 Å². The van der Waals surface area contributed by atoms with Gasteiger partial charge in [0.2, 0.25) is 0 Å². The van der Waals surface area contributed by atoms with Gasteiger partial charge in [0.1, 0.15) is 34.9 Å². The Morgan fingerprint density at radius 1 is 0.390 bits per heavy atom. The normalized spacial score (nSPS) is 14.8. The topological polar surface area (TPSA) is 238 Å². The molecule has 3 unspecified atom stereocenters. The number of hydrogen-bond acceptors (Lipinski definition) is 18. The number of carbonyl (C=O) groups excluding carboxylic acids is 3. The van der Waals surface area contributed by atoms with E-state index in [0.717, 1.165) is 128 Å². The quantitative estimate of drug-likeness (QED) is 0.0262. The first-order valence-electron chi connectivity index (χ1n) is 37.0. The zero-order chi connectivity index (χ0) is 74.4. The molecule has 6 heterocycles. The van der Waals surface area contributed by atoms with Crippen molar-refractivity contribution < 1.29 is 41.8 Å². The molecule has 0 radical (unpaired) electrons. The summed E-state index contributed by atoms with van der Waals surface area (Å²) in [4.78, 5) is 74.2. The lowest BCUT2D eigenvalue weighted by molar-refractivity contribution is 0.0944. The van der Waals surface area contributed by atoms with Gasteiger partial charge in [-0.1, -0.05) is 59.7 Å². The SMILES string of the molecule is CC(C)CCCNC(=O)c1cc(C(C)Nc2cccc(F)c2)c2nc(N3CCOCC3)cnc2c1.CC(C)CCCNC(=O)c1cc(C(C)Nc2cccc(F)c2)c2nc(N3CCOCC3)cnc2c1.CC(C)CCCNC(=O)c1cc(C(C)Nc2cccc(F)c2)c2nc(N3CCOCC3)cnc2c1. The fourth-order valence-corrected chi connectivity index (χ4v) is 12.8. The Labute approximate surface area is 614 Å². The number of halogens is 3. The van der Waals surface area contributed by atoms with Gasteiger partial charge in [-0.3, -0.25) is 29.3 Å². The minimum atomic E-state index is -0.309. The molecule has 3 amide bonds. The van der Waals surface area contributed by atoms with E-state index in [1.807, 2.05) is 57.2 Å². The highest BCUT2D eigenvalue weighted by molar-refractivity contribution is 6.00. The molecule has 6 N–H and O–H groups in total. The minimum absolute atomic E-state index is 0.131. The Kier molecular flexibility index (Phi) is 28.4. The molecule has 24 heteroatoms. The summed E-state index contributed by atoms with van der Waals surface area (Å²) < 4.78 is 57.7. The first-order valence-corrected chi connectivity index (χ1v) is 37.0. The van der Waals surface area contributed by atoms with Gasteiger partial charge in [0, 0.05) is 109 Å². The van der Waals surface area contributed by atoms with Gasteiger partial charge in [-0.15, -0.1) is 0 Å². The largest absolute Gasteiger partial charge is 0.378 e. The zero-order valence-electron chi connectivity index (χ0n) is 62.0. The summed E-state index contributed by atoms with van der Waals surface area (Å²) in [6.07, 6.45) is 11.3. The van der Waals surface area contributed by atoms with E-state index in [2.05, 4.69) is 103 Å². The summed E-state index contributed by atoms with van der Waals surface area (Å²) in [6.45, 7) is 29.3. The van der Waals surface area contributed by atoms with Crippen LogP contribution >= 0.6 is 0 Å². The third-order valence-corrected chi connectivity index (χ3v) is 18.5. The molecule has 12 rings (SSSR count). The molecule has 0 aliphatic carbocycles. The molecule has 3 aromatic heterocycles. The highest BCUT2D eigenvalue weighted by Crippen LogP contribution is 2.33. The van der Waals surface area contributed by atoms with Crippen molar-refractivity contribution in [1.29, 1.82) is 0 Å². The van der Waals surface area contributed by atoms with E-state index in [4.69, 9.17) is 29.2 Å². The molecule has 105 heavy (non-hydrogen) atoms. The third kappa shape index (κ3) is 22.6. The molecule has 3 atom stereocenters. The van der Waals surface area contributed by atoms with Crippen LogP contribution in [0.4, 0.5) is 47.7 Å². The van der Waals surface area contributed by atoms with Crippen LogP contribution in [0.2, 0.25) is 0 Å². The molecule has 0 bridgehead atoms. The second-order valence-corrected chi connectivity index (χ2v) is 28.3. The predicted molar refractivity (Wildman–Crippen MR) is 412 cm³/mol. The molecular weight excluding hydrogens is 1340 g/mol. The molecule has 9 aromatic rings. The summed E-state index contributed by atoms with van der Waals surface area (Å²) >= 11 is 0. The van der Waals surface area contributed by atoms with Gasteiger partial charge in [0.15, 0.2) is 0 Å². The van der Waals surface area contributed by atoms with E-state index in [1.165, 1.54) is 36.4 Å². The number of aromatic nitrogens is 6. The van der Waals surface area contributed by atoms with Crippen LogP contribution in [0.15, 0.2) is 128 Å². The third-order valence-electron chi connectivity index (χ3n) is 18.5. The summed E-state index contributed by atoms with van der Waals surface area (Å²) in [5.41, 5.74) is 10.2. The molecule has 21 nitrogen and oxygen atoms in total. The lowest BCUT2D eigenvalue weighted by Crippen LogP contribution is -2.36. The van der Waals surface area contributed by atoms with Crippen molar-refractivity contribution in [3.05, 3.63) is 179 Å². The summed E-state index contributed by atoms with van der Waals surface area (Å²) in [5, 5.41) is 19.1. The van der Waals surface area contributed by atoms with Crippen molar-refractivity contribution in [3.63, 3.8) is 0 Å². The Balaban J connectivity index is 0.000000169. The molecule has 0 spiro atoms. The molecule has 3 saturated heterocycles. The molecule has 3 fully saturated rings. The van der Waals surface area contributed by atoms with E-state index in [0.29, 0.717) is 127 Å². The van der Waals surface area contributed by atoms with Crippen molar-refractivity contribution >= 4 is 85.3 Å². The Hall–Kier alpha value is -9.78. The molecule has 3 aliphatic heterocycles. The summed E-state index contributed by atoms with van der Waals surface area (Å²) in [7, 11) is 0. The fraction of sp³-hybridized carbons (Fsp3) is 0.444. The average Bonchev–Trinajstić information content (AvgIpc) is 0.791. The van der Waals surface area contributed by atoms with Crippen LogP contribution in [0.3, 0.4) is 0 Å². The molecule has 0 saturated carbocycles. The van der Waals surface area contributed by atoms with Crippen LogP contribution < -0.4 is 46.6 Å². The second kappa shape index (κ2) is 38.3. The van der Waals surface area contributed by atoms with E-state index < -0.39 is 0 Å². The number of benzene rings is 6. The number of rotatable bonds is 27. The molecule has 558 valence electrons. The van der Waals surface area contributed by atoms with Gasteiger partial charge in [-0.25, -0.2) is 28.1 Å². The van der Waals surface area contributed by atoms with E-state index in [9.17, 15) is 27.6 Å². The average molecular weight is 1440 g/mol. The van der Waals surface area contributed by atoms with Crippen molar-refractivity contribution in [3.8, 4) is 0 Å². The van der Waals surface area contributed by atoms with Crippen LogP contribution in [-0.2, 0) is 14.2 Å². The van der Waals surface area contributed by atoms with Crippen LogP contribution in [-0.4, -0.2) is 146 Å². The maximum atomic E-state index is 13.8. The summed E-state index contributed by atoms with van der Waals surface area (Å²) in [6, 6.07) is 29.3. The van der Waals surface area contributed by atoms with Crippen LogP contribution in [0.1, 0.15) is 167 Å². The maximum absolute atomic E-state index is 13.8. The molecule has 3 aliphatic rings.